The number of nitrogens with one attached hydrogen (secondary N) is 2. The molecule has 0 bridgehead atoms. The van der Waals surface area contributed by atoms with Crippen LogP contribution in [0, 0.1) is 0 Å². The quantitative estimate of drug-likeness (QED) is 0.386. The molecule has 142 valence electrons. The number of benzene rings is 2. The second kappa shape index (κ2) is 7.60. The first-order valence-electron chi connectivity index (χ1n) is 9.64. The molecule has 4 nitrogen and oxygen atoms in total. The lowest BCUT2D eigenvalue weighted by Gasteiger charge is -2.08. The Labute approximate surface area is 170 Å². The van der Waals surface area contributed by atoms with Gasteiger partial charge in [0.1, 0.15) is 11.5 Å². The molecular weight excluding hydrogens is 356 g/mol. The first-order valence-corrected chi connectivity index (χ1v) is 9.64. The highest BCUT2D eigenvalue weighted by Gasteiger charge is 2.10. The summed E-state index contributed by atoms with van der Waals surface area (Å²) >= 11 is 0. The molecule has 0 saturated carbocycles. The highest BCUT2D eigenvalue weighted by atomic mass is 15.0. The van der Waals surface area contributed by atoms with E-state index >= 15 is 0 Å². The van der Waals surface area contributed by atoms with Crippen molar-refractivity contribution >= 4 is 16.9 Å². The summed E-state index contributed by atoms with van der Waals surface area (Å²) in [6.07, 6.45) is 3.89. The van der Waals surface area contributed by atoms with Gasteiger partial charge >= 0.3 is 0 Å². The van der Waals surface area contributed by atoms with E-state index in [1.807, 2.05) is 67.0 Å². The van der Waals surface area contributed by atoms with Crippen molar-refractivity contribution in [3.63, 3.8) is 0 Å². The molecule has 29 heavy (non-hydrogen) atoms. The normalized spacial score (nSPS) is 10.9. The van der Waals surface area contributed by atoms with Crippen molar-refractivity contribution in [1.29, 1.82) is 0 Å². The number of nitrogens with zero attached hydrogens (tertiary/aromatic N) is 2. The lowest BCUT2D eigenvalue weighted by molar-refractivity contribution is 1.11. The van der Waals surface area contributed by atoms with Gasteiger partial charge in [-0.15, -0.1) is 0 Å². The minimum atomic E-state index is 0. The summed E-state index contributed by atoms with van der Waals surface area (Å²) in [6, 6.07) is 28.9. The average molecular weight is 378 g/mol. The molecule has 0 amide bonds. The molecule has 5 aromatic rings. The Morgan fingerprint density at radius 3 is 2.45 bits per heavy atom. The van der Waals surface area contributed by atoms with Crippen LogP contribution in [-0.4, -0.2) is 15.0 Å². The third-order valence-electron chi connectivity index (χ3n) is 4.98. The van der Waals surface area contributed by atoms with Crippen LogP contribution in [0.1, 0.15) is 6.99 Å². The molecule has 0 fully saturated rings. The summed E-state index contributed by atoms with van der Waals surface area (Å²) in [4.78, 5) is 12.7. The van der Waals surface area contributed by atoms with E-state index in [2.05, 4.69) is 45.6 Å². The van der Waals surface area contributed by atoms with Crippen molar-refractivity contribution in [2.75, 3.05) is 5.32 Å². The minimum absolute atomic E-state index is 0. The van der Waals surface area contributed by atoms with Gasteiger partial charge in [-0.25, -0.2) is 9.97 Å². The molecule has 0 saturated heterocycles. The first kappa shape index (κ1) is 17.2. The minimum Gasteiger partial charge on any atom is -0.366 e. The number of fused-ring (bicyclic) bond motifs is 1. The van der Waals surface area contributed by atoms with E-state index in [9.17, 15) is 0 Å². The lowest BCUT2D eigenvalue weighted by Crippen LogP contribution is -2.01. The number of aromatic nitrogens is 3. The molecule has 2 aromatic carbocycles. The fourth-order valence-electron chi connectivity index (χ4n) is 3.48. The summed E-state index contributed by atoms with van der Waals surface area (Å²) in [6.45, 7) is 0.741. The van der Waals surface area contributed by atoms with E-state index in [0.29, 0.717) is 0 Å². The summed E-state index contributed by atoms with van der Waals surface area (Å²) < 4.78 is 0. The van der Waals surface area contributed by atoms with Crippen molar-refractivity contribution in [1.82, 2.24) is 15.0 Å². The number of hydrogen-bond acceptors (Lipinski definition) is 3. The number of anilines is 1. The van der Waals surface area contributed by atoms with Gasteiger partial charge in [-0.05, 0) is 29.3 Å². The van der Waals surface area contributed by atoms with Gasteiger partial charge in [0.05, 0.1) is 5.69 Å². The second-order valence-corrected chi connectivity index (χ2v) is 6.94. The van der Waals surface area contributed by atoms with Gasteiger partial charge in [-0.1, -0.05) is 66.7 Å². The molecule has 2 N–H and O–H groups in total. The predicted octanol–water partition coefficient (Wildman–Crippen LogP) is 6.15. The van der Waals surface area contributed by atoms with Crippen molar-refractivity contribution < 1.29 is 1.43 Å². The highest BCUT2D eigenvalue weighted by molar-refractivity contribution is 5.95. The van der Waals surface area contributed by atoms with E-state index < -0.39 is 0 Å². The lowest BCUT2D eigenvalue weighted by atomic mass is 10.0. The smallest absolute Gasteiger partial charge is 0.137 e. The molecule has 3 heterocycles. The van der Waals surface area contributed by atoms with Crippen LogP contribution in [0.15, 0.2) is 97.3 Å². The van der Waals surface area contributed by atoms with E-state index in [4.69, 9.17) is 4.98 Å². The zero-order valence-corrected chi connectivity index (χ0v) is 15.8. The zero-order valence-electron chi connectivity index (χ0n) is 15.8. The molecule has 0 aliphatic heterocycles. The SMILES string of the molecule is [HH].c1ccc(CNc2cccc(-c3c[nH]c4ncc(-c5ccccc5)cc34)n2)cc1. The number of aromatic amines is 1. The molecule has 0 aliphatic carbocycles. The topological polar surface area (TPSA) is 53.6 Å². The van der Waals surface area contributed by atoms with E-state index in [0.717, 1.165) is 45.8 Å². The van der Waals surface area contributed by atoms with Crippen LogP contribution in [-0.2, 0) is 6.54 Å². The maximum Gasteiger partial charge on any atom is 0.137 e. The highest BCUT2D eigenvalue weighted by Crippen LogP contribution is 2.30. The summed E-state index contributed by atoms with van der Waals surface area (Å²) in [5.41, 5.74) is 6.31. The summed E-state index contributed by atoms with van der Waals surface area (Å²) in [7, 11) is 0. The zero-order chi connectivity index (χ0) is 19.5. The average Bonchev–Trinajstić information content (AvgIpc) is 3.22. The van der Waals surface area contributed by atoms with Crippen LogP contribution < -0.4 is 5.32 Å². The largest absolute Gasteiger partial charge is 0.366 e. The summed E-state index contributed by atoms with van der Waals surface area (Å²) in [5.74, 6) is 0.855. The van der Waals surface area contributed by atoms with Gasteiger partial charge in [-0.2, -0.15) is 0 Å². The van der Waals surface area contributed by atoms with E-state index in [-0.39, 0.29) is 1.43 Å². The van der Waals surface area contributed by atoms with Gasteiger partial charge < -0.3 is 10.3 Å². The fourth-order valence-corrected chi connectivity index (χ4v) is 3.48. The van der Waals surface area contributed by atoms with Crippen molar-refractivity contribution in [3.05, 3.63) is 103 Å². The Morgan fingerprint density at radius 2 is 1.62 bits per heavy atom. The number of hydrogen-bond donors (Lipinski definition) is 2. The van der Waals surface area contributed by atoms with Gasteiger partial charge in [0.25, 0.3) is 0 Å². The Bertz CT molecular complexity index is 1250. The van der Waals surface area contributed by atoms with Gasteiger partial charge in [0, 0.05) is 36.9 Å². The van der Waals surface area contributed by atoms with Crippen LogP contribution in [0.2, 0.25) is 0 Å². The molecule has 5 rings (SSSR count). The van der Waals surface area contributed by atoms with E-state index in [1.165, 1.54) is 5.56 Å². The number of pyridine rings is 2. The molecule has 0 radical (unpaired) electrons. The number of rotatable bonds is 5. The second-order valence-electron chi connectivity index (χ2n) is 6.94. The Kier molecular flexibility index (Phi) is 4.51. The van der Waals surface area contributed by atoms with Gasteiger partial charge in [0.15, 0.2) is 0 Å². The maximum absolute atomic E-state index is 4.82. The van der Waals surface area contributed by atoms with Crippen LogP contribution in [0.4, 0.5) is 5.82 Å². The monoisotopic (exact) mass is 378 g/mol. The molecule has 4 heteroatoms. The number of H-pyrrole nitrogens is 1. The fraction of sp³-hybridized carbons (Fsp3) is 0.0400. The predicted molar refractivity (Wildman–Crippen MR) is 121 cm³/mol. The van der Waals surface area contributed by atoms with Crippen LogP contribution in [0.5, 0.6) is 0 Å². The Hall–Kier alpha value is -3.92. The Balaban J connectivity index is 0.00000218. The standard InChI is InChI=1S/C25H20N4.H2/c1-3-8-18(9-4-1)15-26-24-13-7-12-23(29-24)22-17-28-25-21(22)14-20(16-27-25)19-10-5-2-6-11-19;/h1-14,16-17H,15H2,(H,26,29)(H,27,28);1H. The maximum atomic E-state index is 4.82. The molecule has 3 aromatic heterocycles. The first-order chi connectivity index (χ1) is 14.4. The van der Waals surface area contributed by atoms with E-state index in [1.54, 1.807) is 0 Å². The van der Waals surface area contributed by atoms with Crippen molar-refractivity contribution in [2.45, 2.75) is 6.54 Å². The third kappa shape index (κ3) is 3.60. The van der Waals surface area contributed by atoms with Crippen molar-refractivity contribution in [2.24, 2.45) is 0 Å². The van der Waals surface area contributed by atoms with Crippen LogP contribution in [0.3, 0.4) is 0 Å². The molecule has 0 aliphatic rings. The van der Waals surface area contributed by atoms with Gasteiger partial charge in [-0.3, -0.25) is 0 Å². The molecule has 0 spiro atoms. The molecule has 0 atom stereocenters. The van der Waals surface area contributed by atoms with Crippen molar-refractivity contribution in [3.8, 4) is 22.4 Å². The van der Waals surface area contributed by atoms with Gasteiger partial charge in [0.2, 0.25) is 0 Å². The van der Waals surface area contributed by atoms with Crippen LogP contribution in [0.25, 0.3) is 33.4 Å². The molecular formula is C25H22N4. The Morgan fingerprint density at radius 1 is 0.828 bits per heavy atom. The summed E-state index contributed by atoms with van der Waals surface area (Å²) in [5, 5.41) is 4.48. The van der Waals surface area contributed by atoms with Crippen LogP contribution >= 0.6 is 0 Å². The molecule has 0 unspecified atom stereocenters. The third-order valence-corrected chi connectivity index (χ3v) is 4.98.